The summed E-state index contributed by atoms with van der Waals surface area (Å²) >= 11 is -3.88. The maximum atomic E-state index is 5.95. The molecule has 0 amide bonds. The number of nitrogens with two attached hydrogens (primary N) is 2. The van der Waals surface area contributed by atoms with Gasteiger partial charge in [-0.15, -0.1) is 0 Å². The first kappa shape index (κ1) is 14.5. The van der Waals surface area contributed by atoms with Crippen LogP contribution in [-0.4, -0.2) is 32.2 Å². The van der Waals surface area contributed by atoms with Gasteiger partial charge in [-0.05, 0) is 0 Å². The zero-order chi connectivity index (χ0) is 11.3. The molecule has 0 aromatic carbocycles. The molecule has 0 aromatic heterocycles. The van der Waals surface area contributed by atoms with Crippen molar-refractivity contribution in [3.05, 3.63) is 0 Å². The summed E-state index contributed by atoms with van der Waals surface area (Å²) in [5.41, 5.74) is 11.4. The van der Waals surface area contributed by atoms with E-state index < -0.39 is 16.5 Å². The van der Waals surface area contributed by atoms with Crippen LogP contribution in [0.25, 0.3) is 0 Å². The van der Waals surface area contributed by atoms with Crippen molar-refractivity contribution in [2.24, 2.45) is 11.5 Å². The normalized spacial score (nSPS) is 17.4. The Kier molecular flexibility index (Phi) is 5.76. The fraction of sp³-hybridized carbons (Fsp3) is 1.00. The molecule has 0 fully saturated rings. The zero-order valence-electron chi connectivity index (χ0n) is 9.58. The fourth-order valence-corrected chi connectivity index (χ4v) is 7.27. The minimum absolute atomic E-state index is 0.224. The van der Waals surface area contributed by atoms with Crippen LogP contribution in [-0.2, 0) is 26.4 Å². The fourth-order valence-electron chi connectivity index (χ4n) is 1.76. The van der Waals surface area contributed by atoms with Crippen molar-refractivity contribution in [3.63, 3.8) is 0 Å². The van der Waals surface area contributed by atoms with Crippen LogP contribution in [0.2, 0.25) is 4.73 Å². The third-order valence-electron chi connectivity index (χ3n) is 3.00. The third-order valence-corrected chi connectivity index (χ3v) is 11.7. The molecular formula is C8H23N2O3Ti. The van der Waals surface area contributed by atoms with E-state index >= 15 is 0 Å². The molecule has 87 valence electrons. The predicted octanol–water partition coefficient (Wildman–Crippen LogP) is 0.432. The first-order chi connectivity index (χ1) is 6.51. The van der Waals surface area contributed by atoms with Gasteiger partial charge in [0, 0.05) is 0 Å². The molecule has 0 saturated carbocycles. The van der Waals surface area contributed by atoms with Crippen molar-refractivity contribution in [2.75, 3.05) is 27.9 Å². The molecule has 0 aliphatic rings. The molecule has 0 aliphatic heterocycles. The van der Waals surface area contributed by atoms with Crippen LogP contribution < -0.4 is 11.5 Å². The predicted molar refractivity (Wildman–Crippen MR) is 53.2 cm³/mol. The van der Waals surface area contributed by atoms with Gasteiger partial charge < -0.3 is 0 Å². The van der Waals surface area contributed by atoms with Crippen molar-refractivity contribution in [3.8, 4) is 0 Å². The molecule has 4 N–H and O–H groups in total. The van der Waals surface area contributed by atoms with E-state index in [9.17, 15) is 0 Å². The Morgan fingerprint density at radius 3 is 1.79 bits per heavy atom. The van der Waals surface area contributed by atoms with Gasteiger partial charge in [-0.3, -0.25) is 0 Å². The van der Waals surface area contributed by atoms with Crippen LogP contribution in [0.5, 0.6) is 0 Å². The van der Waals surface area contributed by atoms with Crippen LogP contribution in [0.3, 0.4) is 0 Å². The topological polar surface area (TPSA) is 79.7 Å². The van der Waals surface area contributed by atoms with Gasteiger partial charge in [0.15, 0.2) is 0 Å². The van der Waals surface area contributed by atoms with Crippen molar-refractivity contribution in [2.45, 2.75) is 22.4 Å². The summed E-state index contributed by atoms with van der Waals surface area (Å²) < 4.78 is 17.1. The molecule has 5 nitrogen and oxygen atoms in total. The summed E-state index contributed by atoms with van der Waals surface area (Å²) in [5.74, 6) is 0. The first-order valence-electron chi connectivity index (χ1n) is 4.80. The van der Waals surface area contributed by atoms with E-state index in [2.05, 4.69) is 0 Å². The maximum absolute atomic E-state index is 5.95. The molecular weight excluding hydrogens is 220 g/mol. The molecule has 1 unspecified atom stereocenters. The number of hydrogen-bond donors (Lipinski definition) is 2. The van der Waals surface area contributed by atoms with Gasteiger partial charge in [-0.2, -0.15) is 0 Å². The average molecular weight is 243 g/mol. The Balaban J connectivity index is 4.93. The molecule has 0 aromatic rings. The van der Waals surface area contributed by atoms with E-state index in [0.29, 0.717) is 11.3 Å². The van der Waals surface area contributed by atoms with Gasteiger partial charge in [-0.1, -0.05) is 0 Å². The molecule has 0 rings (SSSR count). The van der Waals surface area contributed by atoms with Gasteiger partial charge in [0.1, 0.15) is 0 Å². The summed E-state index contributed by atoms with van der Waals surface area (Å²) in [6.07, 6.45) is 0.800. The summed E-state index contributed by atoms with van der Waals surface area (Å²) in [6.45, 7) is 2.45. The van der Waals surface area contributed by atoms with Crippen molar-refractivity contribution in [1.82, 2.24) is 0 Å². The van der Waals surface area contributed by atoms with Crippen LogP contribution in [0.1, 0.15) is 13.3 Å². The Labute approximate surface area is 88.4 Å². The van der Waals surface area contributed by atoms with Crippen molar-refractivity contribution < 1.29 is 26.4 Å². The van der Waals surface area contributed by atoms with Gasteiger partial charge in [0.25, 0.3) is 0 Å². The Hall–Kier alpha value is 0.514. The van der Waals surface area contributed by atoms with E-state index in [1.165, 1.54) is 0 Å². The zero-order valence-corrected chi connectivity index (χ0v) is 11.1. The Morgan fingerprint density at radius 1 is 1.14 bits per heavy atom. The number of rotatable bonds is 7. The second kappa shape index (κ2) is 5.56. The van der Waals surface area contributed by atoms with Crippen LogP contribution in [0.4, 0.5) is 0 Å². The molecule has 1 atom stereocenters. The van der Waals surface area contributed by atoms with Gasteiger partial charge in [0.05, 0.1) is 0 Å². The molecule has 0 radical (unpaired) electrons. The molecule has 6 heteroatoms. The summed E-state index contributed by atoms with van der Waals surface area (Å²) in [6, 6.07) is 0. The van der Waals surface area contributed by atoms with Gasteiger partial charge in [0.2, 0.25) is 0 Å². The average Bonchev–Trinajstić information content (AvgIpc) is 2.21. The Morgan fingerprint density at radius 2 is 1.57 bits per heavy atom. The molecule has 0 bridgehead atoms. The summed E-state index contributed by atoms with van der Waals surface area (Å²) in [7, 11) is 4.80. The second-order valence-electron chi connectivity index (χ2n) is 3.53. The van der Waals surface area contributed by atoms with Crippen LogP contribution in [0, 0.1) is 0 Å². The van der Waals surface area contributed by atoms with Crippen LogP contribution >= 0.6 is 0 Å². The van der Waals surface area contributed by atoms with E-state index in [1.807, 2.05) is 6.92 Å². The molecule has 0 aliphatic carbocycles. The Bertz CT molecular complexity index is 163. The monoisotopic (exact) mass is 243 g/mol. The van der Waals surface area contributed by atoms with E-state index in [-0.39, 0.29) is 4.35 Å². The molecule has 0 spiro atoms. The molecule has 14 heavy (non-hydrogen) atoms. The standard InChI is InChI=1S/C3H8N.C2H6N.3CH3O.Ti/c1-2-3-4;1-2-3;3*1-2;/h1-4H2;2H,3H2,1H3;3*1H3;/q;;3*-1;+3. The van der Waals surface area contributed by atoms with Gasteiger partial charge in [-0.25, -0.2) is 0 Å². The van der Waals surface area contributed by atoms with Gasteiger partial charge >= 0.3 is 88.2 Å². The van der Waals surface area contributed by atoms with E-state index in [4.69, 9.17) is 21.4 Å². The van der Waals surface area contributed by atoms with E-state index in [1.54, 1.807) is 21.3 Å². The second-order valence-corrected chi connectivity index (χ2v) is 11.5. The molecule has 0 saturated heterocycles. The SMILES string of the molecule is C[O][Ti]([CH2]CCN)([O]C)([O]C)[CH](C)N. The minimum atomic E-state index is -3.88. The third kappa shape index (κ3) is 2.36. The quantitative estimate of drug-likeness (QED) is 0.634. The van der Waals surface area contributed by atoms with Crippen molar-refractivity contribution in [1.29, 1.82) is 0 Å². The van der Waals surface area contributed by atoms with Crippen LogP contribution in [0.15, 0.2) is 0 Å². The number of hydrogen-bond acceptors (Lipinski definition) is 5. The summed E-state index contributed by atoms with van der Waals surface area (Å²) in [5, 5.41) is 0. The first-order valence-corrected chi connectivity index (χ1v) is 8.72. The molecule has 0 heterocycles. The summed E-state index contributed by atoms with van der Waals surface area (Å²) in [4.78, 5) is 0. The van der Waals surface area contributed by atoms with Crippen molar-refractivity contribution >= 4 is 0 Å². The van der Waals surface area contributed by atoms with E-state index in [0.717, 1.165) is 6.42 Å².